The number of hydrogen-bond donors (Lipinski definition) is 0. The first-order valence-electron chi connectivity index (χ1n) is 9.34. The molecule has 0 bridgehead atoms. The van der Waals surface area contributed by atoms with Crippen LogP contribution in [0.15, 0.2) is 12.3 Å². The monoisotopic (exact) mass is 417 g/mol. The molecule has 0 saturated heterocycles. The standard InChI is InChI=1S/C19H23N5O4S/c1-22-11-15(25)24(8-9-27-2)18-16(17(22)26)12-5-7-23(10-13(12)29-18)19-20-6-4-14(21-19)28-3/h4,6H,5,7-11H2,1-3H3. The minimum Gasteiger partial charge on any atom is -0.481 e. The number of carbonyl (C=O) groups excluding carboxylic acids is 2. The summed E-state index contributed by atoms with van der Waals surface area (Å²) in [5.41, 5.74) is 1.68. The van der Waals surface area contributed by atoms with Gasteiger partial charge in [0.25, 0.3) is 5.91 Å². The molecule has 2 aliphatic heterocycles. The van der Waals surface area contributed by atoms with Gasteiger partial charge < -0.3 is 19.3 Å². The fraction of sp³-hybridized carbons (Fsp3) is 0.474. The number of hydrogen-bond acceptors (Lipinski definition) is 8. The van der Waals surface area contributed by atoms with Crippen molar-refractivity contribution in [3.05, 3.63) is 28.3 Å². The molecule has 0 aromatic carbocycles. The third-order valence-electron chi connectivity index (χ3n) is 5.15. The van der Waals surface area contributed by atoms with Crippen molar-refractivity contribution in [1.29, 1.82) is 0 Å². The smallest absolute Gasteiger partial charge is 0.257 e. The quantitative estimate of drug-likeness (QED) is 0.722. The minimum atomic E-state index is -0.100. The van der Waals surface area contributed by atoms with E-state index in [0.717, 1.165) is 15.4 Å². The maximum absolute atomic E-state index is 13.0. The fourth-order valence-corrected chi connectivity index (χ4v) is 5.04. The van der Waals surface area contributed by atoms with Crippen molar-refractivity contribution in [3.63, 3.8) is 0 Å². The van der Waals surface area contributed by atoms with Crippen LogP contribution in [0.25, 0.3) is 0 Å². The summed E-state index contributed by atoms with van der Waals surface area (Å²) < 4.78 is 10.4. The van der Waals surface area contributed by atoms with Crippen molar-refractivity contribution in [1.82, 2.24) is 14.9 Å². The molecule has 29 heavy (non-hydrogen) atoms. The molecule has 2 amide bonds. The molecule has 0 N–H and O–H groups in total. The van der Waals surface area contributed by atoms with E-state index in [-0.39, 0.29) is 18.4 Å². The summed E-state index contributed by atoms with van der Waals surface area (Å²) in [7, 11) is 4.85. The van der Waals surface area contributed by atoms with Gasteiger partial charge in [0.05, 0.1) is 32.4 Å². The molecule has 4 rings (SSSR count). The minimum absolute atomic E-state index is 0.0719. The SMILES string of the molecule is COCCN1C(=O)CN(C)C(=O)c2c1sc1c2CCN(c2nccc(OC)n2)C1. The van der Waals surface area contributed by atoms with Crippen molar-refractivity contribution in [2.45, 2.75) is 13.0 Å². The summed E-state index contributed by atoms with van der Waals surface area (Å²) in [6.07, 6.45) is 2.36. The number of anilines is 2. The number of likely N-dealkylation sites (N-methyl/N-ethyl adjacent to an activating group) is 1. The molecule has 0 atom stereocenters. The fourth-order valence-electron chi connectivity index (χ4n) is 3.64. The first-order valence-corrected chi connectivity index (χ1v) is 10.2. The molecule has 2 aromatic rings. The molecule has 0 spiro atoms. The number of nitrogens with zero attached hydrogens (tertiary/aromatic N) is 5. The van der Waals surface area contributed by atoms with Crippen LogP contribution in [0.2, 0.25) is 0 Å². The Bertz CT molecular complexity index is 947. The Morgan fingerprint density at radius 2 is 2.07 bits per heavy atom. The number of fused-ring (bicyclic) bond motifs is 3. The van der Waals surface area contributed by atoms with Crippen LogP contribution in [0.1, 0.15) is 20.8 Å². The molecule has 2 aromatic heterocycles. The molecule has 10 heteroatoms. The van der Waals surface area contributed by atoms with Crippen LogP contribution < -0.4 is 14.5 Å². The molecule has 2 aliphatic rings. The first kappa shape index (κ1) is 19.6. The Hall–Kier alpha value is -2.72. The van der Waals surface area contributed by atoms with Gasteiger partial charge in [-0.15, -0.1) is 11.3 Å². The number of rotatable bonds is 5. The highest BCUT2D eigenvalue weighted by molar-refractivity contribution is 7.17. The van der Waals surface area contributed by atoms with E-state index < -0.39 is 0 Å². The van der Waals surface area contributed by atoms with Gasteiger partial charge in [0.2, 0.25) is 17.7 Å². The number of carbonyl (C=O) groups is 2. The Kier molecular flexibility index (Phi) is 5.37. The zero-order valence-electron chi connectivity index (χ0n) is 16.7. The van der Waals surface area contributed by atoms with Crippen LogP contribution in [0.4, 0.5) is 10.9 Å². The lowest BCUT2D eigenvalue weighted by Gasteiger charge is -2.27. The van der Waals surface area contributed by atoms with Crippen molar-refractivity contribution in [2.75, 3.05) is 57.3 Å². The van der Waals surface area contributed by atoms with Gasteiger partial charge in [0, 0.05) is 37.8 Å². The molecule has 4 heterocycles. The van der Waals surface area contributed by atoms with Crippen molar-refractivity contribution in [2.24, 2.45) is 0 Å². The predicted octanol–water partition coefficient (Wildman–Crippen LogP) is 1.17. The Balaban J connectivity index is 1.71. The second-order valence-electron chi connectivity index (χ2n) is 6.95. The Morgan fingerprint density at radius 1 is 1.24 bits per heavy atom. The summed E-state index contributed by atoms with van der Waals surface area (Å²) in [4.78, 5) is 40.9. The Morgan fingerprint density at radius 3 is 2.83 bits per heavy atom. The summed E-state index contributed by atoms with van der Waals surface area (Å²) in [5.74, 6) is 0.908. The second kappa shape index (κ2) is 7.96. The van der Waals surface area contributed by atoms with Gasteiger partial charge in [0.1, 0.15) is 11.5 Å². The molecule has 0 radical (unpaired) electrons. The highest BCUT2D eigenvalue weighted by Gasteiger charge is 2.37. The van der Waals surface area contributed by atoms with Crippen LogP contribution in [0.3, 0.4) is 0 Å². The van der Waals surface area contributed by atoms with E-state index in [1.807, 2.05) is 0 Å². The number of thiophene rings is 1. The lowest BCUT2D eigenvalue weighted by molar-refractivity contribution is -0.119. The van der Waals surface area contributed by atoms with E-state index in [1.54, 1.807) is 38.4 Å². The highest BCUT2D eigenvalue weighted by Crippen LogP contribution is 2.41. The molecule has 154 valence electrons. The third kappa shape index (κ3) is 3.53. The van der Waals surface area contributed by atoms with Crippen molar-refractivity contribution in [3.8, 4) is 5.88 Å². The average Bonchev–Trinajstić information content (AvgIpc) is 3.07. The number of methoxy groups -OCH3 is 2. The molecule has 0 unspecified atom stereocenters. The van der Waals surface area contributed by atoms with Gasteiger partial charge in [0.15, 0.2) is 0 Å². The lowest BCUT2D eigenvalue weighted by atomic mass is 10.0. The largest absolute Gasteiger partial charge is 0.481 e. The van der Waals surface area contributed by atoms with Crippen molar-refractivity contribution >= 4 is 34.1 Å². The molecular weight excluding hydrogens is 394 g/mol. The van der Waals surface area contributed by atoms with Gasteiger partial charge in [-0.05, 0) is 12.0 Å². The topological polar surface area (TPSA) is 88.1 Å². The van der Waals surface area contributed by atoms with Crippen LogP contribution in [0.5, 0.6) is 5.88 Å². The summed E-state index contributed by atoms with van der Waals surface area (Å²) >= 11 is 1.50. The van der Waals surface area contributed by atoms with Crippen molar-refractivity contribution < 1.29 is 19.1 Å². The van der Waals surface area contributed by atoms with E-state index in [1.165, 1.54) is 16.2 Å². The maximum Gasteiger partial charge on any atom is 0.257 e. The first-order chi connectivity index (χ1) is 14.0. The summed E-state index contributed by atoms with van der Waals surface area (Å²) in [5, 5.41) is 0.722. The zero-order valence-corrected chi connectivity index (χ0v) is 17.5. The molecule has 0 aliphatic carbocycles. The highest BCUT2D eigenvalue weighted by atomic mass is 32.1. The average molecular weight is 417 g/mol. The molecule has 0 saturated carbocycles. The number of amides is 2. The second-order valence-corrected chi connectivity index (χ2v) is 8.04. The van der Waals surface area contributed by atoms with Gasteiger partial charge >= 0.3 is 0 Å². The molecule has 0 fully saturated rings. The predicted molar refractivity (Wildman–Crippen MR) is 109 cm³/mol. The molecule has 9 nitrogen and oxygen atoms in total. The maximum atomic E-state index is 13.0. The van der Waals surface area contributed by atoms with E-state index in [0.29, 0.717) is 50.1 Å². The zero-order chi connectivity index (χ0) is 20.5. The number of aromatic nitrogens is 2. The van der Waals surface area contributed by atoms with Gasteiger partial charge in [-0.1, -0.05) is 0 Å². The summed E-state index contributed by atoms with van der Waals surface area (Å²) in [6.45, 7) is 2.18. The molecular formula is C19H23N5O4S. The van der Waals surface area contributed by atoms with Crippen LogP contribution in [-0.4, -0.2) is 74.2 Å². The van der Waals surface area contributed by atoms with E-state index in [4.69, 9.17) is 9.47 Å². The van der Waals surface area contributed by atoms with Crippen LogP contribution in [0, 0.1) is 0 Å². The normalized spacial score (nSPS) is 16.6. The van der Waals surface area contributed by atoms with E-state index in [2.05, 4.69) is 14.9 Å². The van der Waals surface area contributed by atoms with E-state index in [9.17, 15) is 9.59 Å². The van der Waals surface area contributed by atoms with E-state index >= 15 is 0 Å². The van der Waals surface area contributed by atoms with Gasteiger partial charge in [-0.2, -0.15) is 4.98 Å². The van der Waals surface area contributed by atoms with Crippen LogP contribution in [-0.2, 0) is 22.5 Å². The number of ether oxygens (including phenoxy) is 2. The van der Waals surface area contributed by atoms with Crippen LogP contribution >= 0.6 is 11.3 Å². The van der Waals surface area contributed by atoms with Gasteiger partial charge in [-0.3, -0.25) is 14.5 Å². The summed E-state index contributed by atoms with van der Waals surface area (Å²) in [6, 6.07) is 1.71. The third-order valence-corrected chi connectivity index (χ3v) is 6.39. The van der Waals surface area contributed by atoms with Gasteiger partial charge in [-0.25, -0.2) is 4.98 Å². The Labute approximate surface area is 172 Å². The lowest BCUT2D eigenvalue weighted by Crippen LogP contribution is -2.39.